The van der Waals surface area contributed by atoms with Crippen LogP contribution in [0.4, 0.5) is 0 Å². The molecule has 0 aromatic carbocycles. The topological polar surface area (TPSA) is 74.6 Å². The standard InChI is InChI=1S/C14H21N3O3/c1-10(16(2)11-5-6-11)8-15-13(18)9-17-7-3-4-12(17)14(19)20/h3-4,7,10-11H,5-6,8-9H2,1-2H3,(H,15,18)(H,19,20). The molecule has 2 N–H and O–H groups in total. The number of hydrogen-bond donors (Lipinski definition) is 2. The van der Waals surface area contributed by atoms with Gasteiger partial charge < -0.3 is 15.0 Å². The van der Waals surface area contributed by atoms with Crippen LogP contribution in [-0.2, 0) is 11.3 Å². The van der Waals surface area contributed by atoms with E-state index in [1.807, 2.05) is 0 Å². The Morgan fingerprint density at radius 2 is 2.25 bits per heavy atom. The first-order valence-electron chi connectivity index (χ1n) is 6.86. The van der Waals surface area contributed by atoms with Crippen molar-refractivity contribution in [1.82, 2.24) is 14.8 Å². The summed E-state index contributed by atoms with van der Waals surface area (Å²) in [6.07, 6.45) is 4.07. The Morgan fingerprint density at radius 1 is 1.55 bits per heavy atom. The molecule has 1 fully saturated rings. The van der Waals surface area contributed by atoms with Crippen molar-refractivity contribution in [2.75, 3.05) is 13.6 Å². The van der Waals surface area contributed by atoms with Gasteiger partial charge in [0.15, 0.2) is 0 Å². The molecule has 110 valence electrons. The van der Waals surface area contributed by atoms with Gasteiger partial charge in [-0.1, -0.05) is 0 Å². The number of hydrogen-bond acceptors (Lipinski definition) is 3. The van der Waals surface area contributed by atoms with Crippen molar-refractivity contribution in [3.8, 4) is 0 Å². The molecule has 0 spiro atoms. The van der Waals surface area contributed by atoms with Crippen molar-refractivity contribution in [3.05, 3.63) is 24.0 Å². The molecule has 6 heteroatoms. The second kappa shape index (κ2) is 6.09. The van der Waals surface area contributed by atoms with Crippen LogP contribution in [0.1, 0.15) is 30.3 Å². The van der Waals surface area contributed by atoms with E-state index in [9.17, 15) is 9.59 Å². The number of carbonyl (C=O) groups is 2. The molecular weight excluding hydrogens is 258 g/mol. The minimum absolute atomic E-state index is 0.0362. The van der Waals surface area contributed by atoms with Crippen LogP contribution in [-0.4, -0.2) is 52.1 Å². The molecule has 20 heavy (non-hydrogen) atoms. The molecule has 0 saturated heterocycles. The van der Waals surface area contributed by atoms with Gasteiger partial charge in [-0.3, -0.25) is 9.69 Å². The molecule has 1 aromatic rings. The van der Waals surface area contributed by atoms with E-state index in [1.165, 1.54) is 23.5 Å². The molecule has 0 aliphatic heterocycles. The predicted octanol–water partition coefficient (Wildman–Crippen LogP) is 0.785. The van der Waals surface area contributed by atoms with Crippen molar-refractivity contribution in [1.29, 1.82) is 0 Å². The Bertz CT molecular complexity index is 494. The molecule has 1 atom stereocenters. The summed E-state index contributed by atoms with van der Waals surface area (Å²) in [5, 5.41) is 11.8. The van der Waals surface area contributed by atoms with Crippen molar-refractivity contribution >= 4 is 11.9 Å². The number of carboxylic acids is 1. The zero-order valence-electron chi connectivity index (χ0n) is 11.9. The third-order valence-electron chi connectivity index (χ3n) is 3.78. The second-order valence-electron chi connectivity index (χ2n) is 5.38. The fourth-order valence-corrected chi connectivity index (χ4v) is 2.20. The Balaban J connectivity index is 1.80. The highest BCUT2D eigenvalue weighted by molar-refractivity contribution is 5.86. The first-order valence-corrected chi connectivity index (χ1v) is 6.86. The smallest absolute Gasteiger partial charge is 0.352 e. The number of carboxylic acid groups (broad SMARTS) is 1. The molecule has 1 aromatic heterocycles. The molecule has 1 amide bonds. The van der Waals surface area contributed by atoms with E-state index in [1.54, 1.807) is 12.3 Å². The van der Waals surface area contributed by atoms with Gasteiger partial charge in [-0.25, -0.2) is 4.79 Å². The number of amides is 1. The molecule has 6 nitrogen and oxygen atoms in total. The van der Waals surface area contributed by atoms with Crippen LogP contribution >= 0.6 is 0 Å². The summed E-state index contributed by atoms with van der Waals surface area (Å²) in [6.45, 7) is 2.70. The zero-order valence-corrected chi connectivity index (χ0v) is 11.9. The first kappa shape index (κ1) is 14.6. The van der Waals surface area contributed by atoms with Crippen molar-refractivity contribution in [2.24, 2.45) is 0 Å². The third kappa shape index (κ3) is 3.60. The summed E-state index contributed by atoms with van der Waals surface area (Å²) < 4.78 is 1.44. The number of aromatic carboxylic acids is 1. The highest BCUT2D eigenvalue weighted by atomic mass is 16.4. The van der Waals surface area contributed by atoms with Crippen LogP contribution in [0.15, 0.2) is 18.3 Å². The van der Waals surface area contributed by atoms with Crippen molar-refractivity contribution in [2.45, 2.75) is 38.4 Å². The molecule has 1 heterocycles. The summed E-state index contributed by atoms with van der Waals surface area (Å²) in [5.74, 6) is -1.19. The maximum absolute atomic E-state index is 11.9. The van der Waals surface area contributed by atoms with Gasteiger partial charge in [0.05, 0.1) is 0 Å². The Labute approximate surface area is 118 Å². The fourth-order valence-electron chi connectivity index (χ4n) is 2.20. The molecule has 1 aliphatic carbocycles. The molecule has 0 bridgehead atoms. The highest BCUT2D eigenvalue weighted by Gasteiger charge is 2.29. The van der Waals surface area contributed by atoms with E-state index in [-0.39, 0.29) is 24.2 Å². The zero-order chi connectivity index (χ0) is 14.7. The number of carbonyl (C=O) groups excluding carboxylic acids is 1. The number of aromatic nitrogens is 1. The molecule has 1 aliphatic rings. The van der Waals surface area contributed by atoms with Gasteiger partial charge in [0.25, 0.3) is 0 Å². The number of likely N-dealkylation sites (N-methyl/N-ethyl adjacent to an activating group) is 1. The first-order chi connectivity index (χ1) is 9.49. The van der Waals surface area contributed by atoms with Gasteiger partial charge in [0.2, 0.25) is 5.91 Å². The highest BCUT2D eigenvalue weighted by Crippen LogP contribution is 2.26. The SMILES string of the molecule is CC(CNC(=O)Cn1cccc1C(=O)O)N(C)C1CC1. The molecule has 0 radical (unpaired) electrons. The summed E-state index contributed by atoms with van der Waals surface area (Å²) in [4.78, 5) is 25.1. The van der Waals surface area contributed by atoms with Gasteiger partial charge in [-0.2, -0.15) is 0 Å². The fraction of sp³-hybridized carbons (Fsp3) is 0.571. The Kier molecular flexibility index (Phi) is 4.44. The number of nitrogens with one attached hydrogen (secondary N) is 1. The quantitative estimate of drug-likeness (QED) is 0.773. The van der Waals surface area contributed by atoms with Crippen LogP contribution in [0, 0.1) is 0 Å². The van der Waals surface area contributed by atoms with Gasteiger partial charge in [-0.15, -0.1) is 0 Å². The molecule has 1 unspecified atom stereocenters. The lowest BCUT2D eigenvalue weighted by atomic mass is 10.3. The number of nitrogens with zero attached hydrogens (tertiary/aromatic N) is 2. The van der Waals surface area contributed by atoms with E-state index in [0.29, 0.717) is 12.6 Å². The maximum atomic E-state index is 11.9. The van der Waals surface area contributed by atoms with Gasteiger partial charge in [0.1, 0.15) is 12.2 Å². The summed E-state index contributed by atoms with van der Waals surface area (Å²) in [7, 11) is 2.07. The monoisotopic (exact) mass is 279 g/mol. The summed E-state index contributed by atoms with van der Waals surface area (Å²) >= 11 is 0. The maximum Gasteiger partial charge on any atom is 0.352 e. The lowest BCUT2D eigenvalue weighted by Crippen LogP contribution is -2.42. The number of rotatable bonds is 7. The summed E-state index contributed by atoms with van der Waals surface area (Å²) in [5.41, 5.74) is 0.128. The average molecular weight is 279 g/mol. The van der Waals surface area contributed by atoms with E-state index in [0.717, 1.165) is 0 Å². The van der Waals surface area contributed by atoms with Crippen molar-refractivity contribution < 1.29 is 14.7 Å². The third-order valence-corrected chi connectivity index (χ3v) is 3.78. The van der Waals surface area contributed by atoms with Gasteiger partial charge >= 0.3 is 5.97 Å². The van der Waals surface area contributed by atoms with Crippen LogP contribution in [0.2, 0.25) is 0 Å². The summed E-state index contributed by atoms with van der Waals surface area (Å²) in [6, 6.07) is 4.05. The normalized spacial score (nSPS) is 16.1. The lowest BCUT2D eigenvalue weighted by molar-refractivity contribution is -0.121. The van der Waals surface area contributed by atoms with Crippen LogP contribution in [0.5, 0.6) is 0 Å². The Hall–Kier alpha value is -1.82. The minimum Gasteiger partial charge on any atom is -0.477 e. The Morgan fingerprint density at radius 3 is 2.85 bits per heavy atom. The minimum atomic E-state index is -1.02. The predicted molar refractivity (Wildman–Crippen MR) is 74.6 cm³/mol. The van der Waals surface area contributed by atoms with Crippen molar-refractivity contribution in [3.63, 3.8) is 0 Å². The van der Waals surface area contributed by atoms with E-state index < -0.39 is 5.97 Å². The molecule has 2 rings (SSSR count). The van der Waals surface area contributed by atoms with E-state index in [4.69, 9.17) is 5.11 Å². The van der Waals surface area contributed by atoms with Gasteiger partial charge in [0, 0.05) is 24.8 Å². The molecule has 1 saturated carbocycles. The lowest BCUT2D eigenvalue weighted by Gasteiger charge is -2.24. The van der Waals surface area contributed by atoms with Crippen LogP contribution < -0.4 is 5.32 Å². The average Bonchev–Trinajstić information content (AvgIpc) is 3.15. The molecular formula is C14H21N3O3. The van der Waals surface area contributed by atoms with E-state index >= 15 is 0 Å². The van der Waals surface area contributed by atoms with Crippen LogP contribution in [0.25, 0.3) is 0 Å². The second-order valence-corrected chi connectivity index (χ2v) is 5.38. The van der Waals surface area contributed by atoms with Crippen LogP contribution in [0.3, 0.4) is 0 Å². The van der Waals surface area contributed by atoms with E-state index in [2.05, 4.69) is 24.2 Å². The largest absolute Gasteiger partial charge is 0.477 e. The van der Waals surface area contributed by atoms with Gasteiger partial charge in [-0.05, 0) is 38.9 Å².